The maximum atomic E-state index is 13.0. The van der Waals surface area contributed by atoms with Crippen molar-refractivity contribution < 1.29 is 13.9 Å². The van der Waals surface area contributed by atoms with Crippen molar-refractivity contribution >= 4 is 27.5 Å². The van der Waals surface area contributed by atoms with E-state index in [0.717, 1.165) is 23.2 Å². The van der Waals surface area contributed by atoms with Crippen molar-refractivity contribution in [3.63, 3.8) is 0 Å². The Kier molecular flexibility index (Phi) is 5.35. The topological polar surface area (TPSA) is 32.8 Å². The van der Waals surface area contributed by atoms with E-state index in [2.05, 4.69) is 20.8 Å². The van der Waals surface area contributed by atoms with Crippen LogP contribution in [0.2, 0.25) is 0 Å². The van der Waals surface area contributed by atoms with Crippen molar-refractivity contribution in [2.45, 2.75) is 0 Å². The quantitative estimate of drug-likeness (QED) is 0.799. The fourth-order valence-electron chi connectivity index (χ4n) is 2.63. The van der Waals surface area contributed by atoms with E-state index in [-0.39, 0.29) is 18.3 Å². The molecule has 6 heteroatoms. The smallest absolute Gasteiger partial charge is 0.260 e. The number of halogens is 2. The second kappa shape index (κ2) is 7.66. The fraction of sp³-hybridized carbons (Fsp3) is 0.278. The van der Waals surface area contributed by atoms with Crippen LogP contribution in [0.15, 0.2) is 53.0 Å². The number of rotatable bonds is 4. The zero-order valence-corrected chi connectivity index (χ0v) is 14.7. The Hall–Kier alpha value is -2.08. The molecule has 0 atom stereocenters. The number of hydrogen-bond donors (Lipinski definition) is 0. The van der Waals surface area contributed by atoms with E-state index in [0.29, 0.717) is 18.8 Å². The first kappa shape index (κ1) is 16.8. The van der Waals surface area contributed by atoms with E-state index in [1.165, 1.54) is 12.1 Å². The first-order chi connectivity index (χ1) is 11.6. The van der Waals surface area contributed by atoms with Crippen LogP contribution in [0, 0.1) is 5.82 Å². The molecule has 1 amide bonds. The highest BCUT2D eigenvalue weighted by Crippen LogP contribution is 2.18. The molecule has 4 nitrogen and oxygen atoms in total. The van der Waals surface area contributed by atoms with E-state index in [4.69, 9.17) is 4.74 Å². The van der Waals surface area contributed by atoms with Crippen LogP contribution in [0.3, 0.4) is 0 Å². The number of benzene rings is 2. The zero-order valence-electron chi connectivity index (χ0n) is 13.1. The van der Waals surface area contributed by atoms with Gasteiger partial charge in [-0.05, 0) is 48.5 Å². The molecule has 1 fully saturated rings. The summed E-state index contributed by atoms with van der Waals surface area (Å²) in [5.41, 5.74) is 0.981. The lowest BCUT2D eigenvalue weighted by Gasteiger charge is -2.36. The lowest BCUT2D eigenvalue weighted by atomic mass is 10.2. The Morgan fingerprint density at radius 1 is 1.00 bits per heavy atom. The first-order valence-corrected chi connectivity index (χ1v) is 8.58. The van der Waals surface area contributed by atoms with Gasteiger partial charge in [-0.15, -0.1) is 0 Å². The molecule has 3 rings (SSSR count). The monoisotopic (exact) mass is 392 g/mol. The summed E-state index contributed by atoms with van der Waals surface area (Å²) < 4.78 is 19.5. The van der Waals surface area contributed by atoms with Gasteiger partial charge in [-0.25, -0.2) is 4.39 Å². The van der Waals surface area contributed by atoms with Crippen molar-refractivity contribution in [2.75, 3.05) is 37.7 Å². The van der Waals surface area contributed by atoms with Gasteiger partial charge in [0, 0.05) is 36.3 Å². The van der Waals surface area contributed by atoms with E-state index in [1.54, 1.807) is 17.0 Å². The molecule has 1 saturated heterocycles. The van der Waals surface area contributed by atoms with Crippen LogP contribution in [0.25, 0.3) is 0 Å². The van der Waals surface area contributed by atoms with Gasteiger partial charge < -0.3 is 14.5 Å². The number of hydrogen-bond acceptors (Lipinski definition) is 3. The van der Waals surface area contributed by atoms with Gasteiger partial charge in [0.25, 0.3) is 5.91 Å². The van der Waals surface area contributed by atoms with Crippen LogP contribution in [0.5, 0.6) is 5.75 Å². The Morgan fingerprint density at radius 3 is 2.25 bits per heavy atom. The molecule has 0 radical (unpaired) electrons. The number of ether oxygens (including phenoxy) is 1. The standard InChI is InChI=1S/C18H18BrFN2O2/c19-14-1-7-17(8-2-14)24-13-18(23)22-11-9-21(10-12-22)16-5-3-15(20)4-6-16/h1-8H,9-13H2. The summed E-state index contributed by atoms with van der Waals surface area (Å²) in [4.78, 5) is 16.2. The van der Waals surface area contributed by atoms with Gasteiger partial charge >= 0.3 is 0 Å². The fourth-order valence-corrected chi connectivity index (χ4v) is 2.90. The summed E-state index contributed by atoms with van der Waals surface area (Å²) in [7, 11) is 0. The SMILES string of the molecule is O=C(COc1ccc(Br)cc1)N1CCN(c2ccc(F)cc2)CC1. The third-order valence-corrected chi connectivity index (χ3v) is 4.53. The number of piperazine rings is 1. The number of carbonyl (C=O) groups excluding carboxylic acids is 1. The molecule has 0 saturated carbocycles. The van der Waals surface area contributed by atoms with E-state index >= 15 is 0 Å². The molecule has 0 bridgehead atoms. The van der Waals surface area contributed by atoms with Crippen molar-refractivity contribution in [3.05, 3.63) is 58.8 Å². The number of anilines is 1. The molecule has 0 aliphatic carbocycles. The number of carbonyl (C=O) groups is 1. The minimum Gasteiger partial charge on any atom is -0.484 e. The van der Waals surface area contributed by atoms with Gasteiger partial charge in [0.05, 0.1) is 0 Å². The molecule has 0 aromatic heterocycles. The summed E-state index contributed by atoms with van der Waals surface area (Å²) in [6.45, 7) is 2.78. The van der Waals surface area contributed by atoms with Gasteiger partial charge in [0.2, 0.25) is 0 Å². The van der Waals surface area contributed by atoms with E-state index in [9.17, 15) is 9.18 Å². The van der Waals surface area contributed by atoms with Crippen molar-refractivity contribution in [1.29, 1.82) is 0 Å². The average Bonchev–Trinajstić information content (AvgIpc) is 2.62. The highest BCUT2D eigenvalue weighted by molar-refractivity contribution is 9.10. The molecule has 0 spiro atoms. The maximum Gasteiger partial charge on any atom is 0.260 e. The Morgan fingerprint density at radius 2 is 1.62 bits per heavy atom. The van der Waals surface area contributed by atoms with Crippen molar-refractivity contribution in [3.8, 4) is 5.75 Å². The molecule has 0 N–H and O–H groups in total. The van der Waals surface area contributed by atoms with Gasteiger partial charge in [-0.2, -0.15) is 0 Å². The first-order valence-electron chi connectivity index (χ1n) is 7.78. The maximum absolute atomic E-state index is 13.0. The summed E-state index contributed by atoms with van der Waals surface area (Å²) in [6.07, 6.45) is 0. The average molecular weight is 393 g/mol. The Labute approximate surface area is 149 Å². The minimum atomic E-state index is -0.238. The van der Waals surface area contributed by atoms with Crippen LogP contribution >= 0.6 is 15.9 Å². The molecule has 1 heterocycles. The van der Waals surface area contributed by atoms with Gasteiger partial charge in [-0.1, -0.05) is 15.9 Å². The molecular formula is C18H18BrFN2O2. The summed E-state index contributed by atoms with van der Waals surface area (Å²) in [5.74, 6) is 0.422. The molecule has 1 aliphatic heterocycles. The lowest BCUT2D eigenvalue weighted by Crippen LogP contribution is -2.50. The van der Waals surface area contributed by atoms with E-state index in [1.807, 2.05) is 24.3 Å². The highest BCUT2D eigenvalue weighted by Gasteiger charge is 2.21. The third kappa shape index (κ3) is 4.26. The van der Waals surface area contributed by atoms with Crippen LogP contribution in [0.4, 0.5) is 10.1 Å². The predicted octanol–water partition coefficient (Wildman–Crippen LogP) is 3.32. The third-order valence-electron chi connectivity index (χ3n) is 4.00. The largest absolute Gasteiger partial charge is 0.484 e. The Balaban J connectivity index is 1.48. The zero-order chi connectivity index (χ0) is 16.9. The van der Waals surface area contributed by atoms with Crippen molar-refractivity contribution in [1.82, 2.24) is 4.90 Å². The van der Waals surface area contributed by atoms with Crippen LogP contribution < -0.4 is 9.64 Å². The van der Waals surface area contributed by atoms with Crippen molar-refractivity contribution in [2.24, 2.45) is 0 Å². The predicted molar refractivity (Wildman–Crippen MR) is 94.8 cm³/mol. The molecule has 126 valence electrons. The van der Waals surface area contributed by atoms with Crippen LogP contribution in [-0.2, 0) is 4.79 Å². The summed E-state index contributed by atoms with van der Waals surface area (Å²) in [6, 6.07) is 13.8. The van der Waals surface area contributed by atoms with Gasteiger partial charge in [-0.3, -0.25) is 4.79 Å². The minimum absolute atomic E-state index is 0.0170. The second-order valence-corrected chi connectivity index (χ2v) is 6.50. The molecule has 2 aromatic carbocycles. The van der Waals surface area contributed by atoms with E-state index < -0.39 is 0 Å². The van der Waals surface area contributed by atoms with Gasteiger partial charge in [0.1, 0.15) is 11.6 Å². The summed E-state index contributed by atoms with van der Waals surface area (Å²) >= 11 is 3.36. The lowest BCUT2D eigenvalue weighted by molar-refractivity contribution is -0.133. The molecule has 2 aromatic rings. The molecule has 24 heavy (non-hydrogen) atoms. The van der Waals surface area contributed by atoms with Gasteiger partial charge in [0.15, 0.2) is 6.61 Å². The van der Waals surface area contributed by atoms with Crippen LogP contribution in [-0.4, -0.2) is 43.6 Å². The number of nitrogens with zero attached hydrogens (tertiary/aromatic N) is 2. The number of amides is 1. The van der Waals surface area contributed by atoms with Crippen LogP contribution in [0.1, 0.15) is 0 Å². The Bertz CT molecular complexity index is 683. The molecule has 1 aliphatic rings. The second-order valence-electron chi connectivity index (χ2n) is 5.59. The summed E-state index contributed by atoms with van der Waals surface area (Å²) in [5, 5.41) is 0. The normalized spacial score (nSPS) is 14.6. The molecular weight excluding hydrogens is 375 g/mol. The molecule has 0 unspecified atom stereocenters. The highest BCUT2D eigenvalue weighted by atomic mass is 79.9.